The predicted molar refractivity (Wildman–Crippen MR) is 42.7 cm³/mol. The summed E-state index contributed by atoms with van der Waals surface area (Å²) in [6, 6.07) is 0. The molecule has 3 nitrogen and oxygen atoms in total. The van der Waals surface area contributed by atoms with Crippen molar-refractivity contribution in [1.82, 2.24) is 0 Å². The molecule has 0 unspecified atom stereocenters. The van der Waals surface area contributed by atoms with E-state index in [-0.39, 0.29) is 13.2 Å². The normalized spacial score (nSPS) is 11.9. The molecule has 0 rings (SSSR count). The lowest BCUT2D eigenvalue weighted by molar-refractivity contribution is -0.200. The van der Waals surface area contributed by atoms with Crippen LogP contribution in [0.25, 0.3) is 0 Å². The molecule has 84 valence electrons. The van der Waals surface area contributed by atoms with E-state index in [1.165, 1.54) is 0 Å². The molecule has 0 aliphatic carbocycles. The highest BCUT2D eigenvalue weighted by atomic mass is 19.4. The molecule has 0 saturated heterocycles. The second kappa shape index (κ2) is 5.85. The van der Waals surface area contributed by atoms with Gasteiger partial charge in [-0.25, -0.2) is 4.79 Å². The first-order chi connectivity index (χ1) is 6.34. The molecule has 0 N–H and O–H groups in total. The average molecular weight is 214 g/mol. The summed E-state index contributed by atoms with van der Waals surface area (Å²) < 4.78 is 43.5. The van der Waals surface area contributed by atoms with Crippen LogP contribution in [0.1, 0.15) is 13.8 Å². The summed E-state index contributed by atoms with van der Waals surface area (Å²) in [6.45, 7) is 3.86. The minimum atomic E-state index is -4.92. The van der Waals surface area contributed by atoms with E-state index >= 15 is 0 Å². The van der Waals surface area contributed by atoms with E-state index in [0.29, 0.717) is 12.5 Å². The lowest BCUT2D eigenvalue weighted by atomic mass is 10.2. The highest BCUT2D eigenvalue weighted by Crippen LogP contribution is 2.16. The van der Waals surface area contributed by atoms with Gasteiger partial charge in [-0.05, 0) is 5.92 Å². The second-order valence-corrected chi connectivity index (χ2v) is 3.10. The zero-order valence-electron chi connectivity index (χ0n) is 8.06. The Morgan fingerprint density at radius 2 is 1.86 bits per heavy atom. The van der Waals surface area contributed by atoms with Crippen molar-refractivity contribution in [3.05, 3.63) is 0 Å². The Balaban J connectivity index is 3.42. The number of ether oxygens (including phenoxy) is 2. The van der Waals surface area contributed by atoms with Gasteiger partial charge in [0.25, 0.3) is 0 Å². The Bertz CT molecular complexity index is 177. The fourth-order valence-corrected chi connectivity index (χ4v) is 0.594. The van der Waals surface area contributed by atoms with Gasteiger partial charge >= 0.3 is 12.1 Å². The Kier molecular flexibility index (Phi) is 5.52. The number of hydrogen-bond donors (Lipinski definition) is 0. The summed E-state index contributed by atoms with van der Waals surface area (Å²) in [6.07, 6.45) is -4.92. The summed E-state index contributed by atoms with van der Waals surface area (Å²) in [5, 5.41) is 0. The van der Waals surface area contributed by atoms with E-state index in [1.807, 2.05) is 13.8 Å². The summed E-state index contributed by atoms with van der Waals surface area (Å²) in [5.74, 6) is -1.88. The minimum Gasteiger partial charge on any atom is -0.457 e. The lowest BCUT2D eigenvalue weighted by Gasteiger charge is -2.08. The van der Waals surface area contributed by atoms with Crippen LogP contribution >= 0.6 is 0 Å². The van der Waals surface area contributed by atoms with Crippen molar-refractivity contribution in [1.29, 1.82) is 0 Å². The number of esters is 1. The first kappa shape index (κ1) is 13.2. The first-order valence-electron chi connectivity index (χ1n) is 4.15. The number of alkyl halides is 3. The molecular formula is C8H13F3O3. The molecule has 0 heterocycles. The molecule has 0 atom stereocenters. The standard InChI is InChI=1S/C8H13F3O3/c1-6(2)5-13-3-4-14-7(12)8(9,10)11/h6H,3-5H2,1-2H3. The maximum Gasteiger partial charge on any atom is 0.490 e. The number of halogens is 3. The molecule has 0 bridgehead atoms. The predicted octanol–water partition coefficient (Wildman–Crippen LogP) is 1.76. The Hall–Kier alpha value is -0.780. The van der Waals surface area contributed by atoms with Crippen LogP contribution < -0.4 is 0 Å². The second-order valence-electron chi connectivity index (χ2n) is 3.10. The van der Waals surface area contributed by atoms with Crippen LogP contribution in [-0.4, -0.2) is 32.0 Å². The highest BCUT2D eigenvalue weighted by Gasteiger charge is 2.40. The van der Waals surface area contributed by atoms with Crippen molar-refractivity contribution in [2.24, 2.45) is 5.92 Å². The molecule has 14 heavy (non-hydrogen) atoms. The molecule has 0 radical (unpaired) electrons. The molecular weight excluding hydrogens is 201 g/mol. The van der Waals surface area contributed by atoms with Gasteiger partial charge in [-0.3, -0.25) is 0 Å². The molecule has 0 fully saturated rings. The molecule has 0 spiro atoms. The van der Waals surface area contributed by atoms with Crippen molar-refractivity contribution in [3.63, 3.8) is 0 Å². The number of rotatable bonds is 5. The van der Waals surface area contributed by atoms with Gasteiger partial charge in [0.05, 0.1) is 6.61 Å². The molecule has 0 saturated carbocycles. The maximum absolute atomic E-state index is 11.6. The van der Waals surface area contributed by atoms with Crippen LogP contribution in [0, 0.1) is 5.92 Å². The van der Waals surface area contributed by atoms with Gasteiger partial charge in [0.2, 0.25) is 0 Å². The Labute approximate surface area is 80.2 Å². The summed E-state index contributed by atoms with van der Waals surface area (Å²) in [7, 11) is 0. The number of hydrogen-bond acceptors (Lipinski definition) is 3. The van der Waals surface area contributed by atoms with E-state index in [1.54, 1.807) is 0 Å². The van der Waals surface area contributed by atoms with E-state index < -0.39 is 12.1 Å². The SMILES string of the molecule is CC(C)COCCOC(=O)C(F)(F)F. The summed E-state index contributed by atoms with van der Waals surface area (Å²) in [4.78, 5) is 10.2. The van der Waals surface area contributed by atoms with Crippen LogP contribution in [0.4, 0.5) is 13.2 Å². The average Bonchev–Trinajstić information content (AvgIpc) is 2.01. The fraction of sp³-hybridized carbons (Fsp3) is 0.875. The summed E-state index contributed by atoms with van der Waals surface area (Å²) >= 11 is 0. The van der Waals surface area contributed by atoms with Gasteiger partial charge in [-0.15, -0.1) is 0 Å². The molecule has 0 amide bonds. The number of carbonyl (C=O) groups excluding carboxylic acids is 1. The fourth-order valence-electron chi connectivity index (χ4n) is 0.594. The number of carbonyl (C=O) groups is 1. The zero-order chi connectivity index (χ0) is 11.2. The van der Waals surface area contributed by atoms with Crippen molar-refractivity contribution in [3.8, 4) is 0 Å². The molecule has 0 aliphatic rings. The molecule has 0 aromatic carbocycles. The third-order valence-electron chi connectivity index (χ3n) is 1.14. The van der Waals surface area contributed by atoms with Crippen molar-refractivity contribution >= 4 is 5.97 Å². The lowest BCUT2D eigenvalue weighted by Crippen LogP contribution is -2.26. The molecule has 0 aromatic heterocycles. The first-order valence-corrected chi connectivity index (χ1v) is 4.15. The quantitative estimate of drug-likeness (QED) is 0.516. The smallest absolute Gasteiger partial charge is 0.457 e. The molecule has 0 aromatic rings. The van der Waals surface area contributed by atoms with Crippen LogP contribution in [0.15, 0.2) is 0 Å². The van der Waals surface area contributed by atoms with Crippen molar-refractivity contribution in [2.45, 2.75) is 20.0 Å². The van der Waals surface area contributed by atoms with Gasteiger partial charge < -0.3 is 9.47 Å². The van der Waals surface area contributed by atoms with Gasteiger partial charge in [0.15, 0.2) is 0 Å². The third kappa shape index (κ3) is 6.71. The van der Waals surface area contributed by atoms with E-state index in [0.717, 1.165) is 0 Å². The Morgan fingerprint density at radius 1 is 1.29 bits per heavy atom. The van der Waals surface area contributed by atoms with Gasteiger partial charge in [-0.2, -0.15) is 13.2 Å². The minimum absolute atomic E-state index is 0.0139. The van der Waals surface area contributed by atoms with Crippen LogP contribution in [-0.2, 0) is 14.3 Å². The van der Waals surface area contributed by atoms with Crippen LogP contribution in [0.2, 0.25) is 0 Å². The van der Waals surface area contributed by atoms with E-state index in [2.05, 4.69) is 4.74 Å². The van der Waals surface area contributed by atoms with Gasteiger partial charge in [0, 0.05) is 6.61 Å². The monoisotopic (exact) mass is 214 g/mol. The van der Waals surface area contributed by atoms with E-state index in [4.69, 9.17) is 4.74 Å². The van der Waals surface area contributed by atoms with Gasteiger partial charge in [-0.1, -0.05) is 13.8 Å². The third-order valence-corrected chi connectivity index (χ3v) is 1.14. The molecule has 6 heteroatoms. The van der Waals surface area contributed by atoms with Crippen molar-refractivity contribution in [2.75, 3.05) is 19.8 Å². The van der Waals surface area contributed by atoms with Crippen LogP contribution in [0.3, 0.4) is 0 Å². The van der Waals surface area contributed by atoms with Crippen molar-refractivity contribution < 1.29 is 27.4 Å². The van der Waals surface area contributed by atoms with E-state index in [9.17, 15) is 18.0 Å². The topological polar surface area (TPSA) is 35.5 Å². The van der Waals surface area contributed by atoms with Gasteiger partial charge in [0.1, 0.15) is 6.61 Å². The molecule has 0 aliphatic heterocycles. The largest absolute Gasteiger partial charge is 0.490 e. The maximum atomic E-state index is 11.6. The highest BCUT2D eigenvalue weighted by molar-refractivity contribution is 5.75. The van der Waals surface area contributed by atoms with Crippen LogP contribution in [0.5, 0.6) is 0 Å². The zero-order valence-corrected chi connectivity index (χ0v) is 8.06. The Morgan fingerprint density at radius 3 is 2.29 bits per heavy atom. The summed E-state index contributed by atoms with van der Waals surface area (Å²) in [5.41, 5.74) is 0.